The van der Waals surface area contributed by atoms with Crippen LogP contribution in [0, 0.1) is 0 Å². The van der Waals surface area contributed by atoms with Crippen molar-refractivity contribution >= 4 is 67.2 Å². The SMILES string of the molecule is C[C@]12C(=O)C(c3ccccc3)=Cc3ccc4c5ccccc5c5ccc6c(c5c4c31)[C@]2(C)C(=O)C(c1ccccc1)=C6. The minimum Gasteiger partial charge on any atom is -0.293 e. The van der Waals surface area contributed by atoms with Gasteiger partial charge in [-0.1, -0.05) is 109 Å². The summed E-state index contributed by atoms with van der Waals surface area (Å²) in [6, 6.07) is 37.0. The quantitative estimate of drug-likeness (QED) is 0.206. The number of ketones is 2. The molecule has 0 amide bonds. The number of carbonyl (C=O) groups excluding carboxylic acids is 2. The molecule has 0 spiro atoms. The van der Waals surface area contributed by atoms with Crippen molar-refractivity contribution in [1.29, 1.82) is 0 Å². The molecule has 3 aliphatic rings. The summed E-state index contributed by atoms with van der Waals surface area (Å²) in [5.41, 5.74) is 4.83. The first kappa shape index (κ1) is 23.6. The monoisotopic (exact) mass is 538 g/mol. The van der Waals surface area contributed by atoms with Crippen LogP contribution in [0.25, 0.3) is 55.6 Å². The fraction of sp³-hybridized carbons (Fsp3) is 0.100. The van der Waals surface area contributed by atoms with Crippen molar-refractivity contribution in [3.63, 3.8) is 0 Å². The van der Waals surface area contributed by atoms with E-state index in [1.54, 1.807) is 0 Å². The second kappa shape index (κ2) is 7.80. The van der Waals surface area contributed by atoms with Crippen LogP contribution in [-0.4, -0.2) is 11.6 Å². The summed E-state index contributed by atoms with van der Waals surface area (Å²) in [5, 5.41) is 6.82. The van der Waals surface area contributed by atoms with E-state index < -0.39 is 10.8 Å². The first-order chi connectivity index (χ1) is 20.4. The second-order valence-electron chi connectivity index (χ2n) is 12.2. The maximum Gasteiger partial charge on any atom is 0.175 e. The molecule has 2 atom stereocenters. The summed E-state index contributed by atoms with van der Waals surface area (Å²) in [4.78, 5) is 30.3. The van der Waals surface area contributed by atoms with Gasteiger partial charge in [-0.25, -0.2) is 0 Å². The minimum absolute atomic E-state index is 0.000577. The lowest BCUT2D eigenvalue weighted by Gasteiger charge is -2.53. The van der Waals surface area contributed by atoms with Crippen molar-refractivity contribution in [3.8, 4) is 0 Å². The van der Waals surface area contributed by atoms with Crippen molar-refractivity contribution < 1.29 is 9.59 Å². The Labute approximate surface area is 243 Å². The first-order valence-corrected chi connectivity index (χ1v) is 14.5. The van der Waals surface area contributed by atoms with E-state index in [2.05, 4.69) is 60.7 Å². The van der Waals surface area contributed by atoms with Gasteiger partial charge in [0.05, 0.1) is 10.8 Å². The van der Waals surface area contributed by atoms with Gasteiger partial charge in [-0.3, -0.25) is 9.59 Å². The molecule has 0 fully saturated rings. The zero-order valence-electron chi connectivity index (χ0n) is 23.4. The van der Waals surface area contributed by atoms with Crippen LogP contribution in [-0.2, 0) is 20.4 Å². The van der Waals surface area contributed by atoms with Gasteiger partial charge in [0.25, 0.3) is 0 Å². The number of benzene rings is 6. The van der Waals surface area contributed by atoms with E-state index in [0.29, 0.717) is 11.1 Å². The fourth-order valence-electron chi connectivity index (χ4n) is 8.30. The van der Waals surface area contributed by atoms with Crippen molar-refractivity contribution in [2.45, 2.75) is 24.7 Å². The molecule has 6 aromatic rings. The molecule has 42 heavy (non-hydrogen) atoms. The van der Waals surface area contributed by atoms with E-state index in [1.807, 2.05) is 74.5 Å². The minimum atomic E-state index is -1.12. The molecule has 0 N–H and O–H groups in total. The molecule has 0 bridgehead atoms. The zero-order chi connectivity index (χ0) is 28.4. The summed E-state index contributed by atoms with van der Waals surface area (Å²) in [5.74, 6) is 0.00115. The number of allylic oxidation sites excluding steroid dienone is 2. The van der Waals surface area contributed by atoms with Gasteiger partial charge in [0.2, 0.25) is 0 Å². The maximum absolute atomic E-state index is 15.2. The summed E-state index contributed by atoms with van der Waals surface area (Å²) in [7, 11) is 0. The van der Waals surface area contributed by atoms with Crippen molar-refractivity contribution in [2.24, 2.45) is 0 Å². The molecule has 0 saturated carbocycles. The van der Waals surface area contributed by atoms with Crippen LogP contribution in [0.5, 0.6) is 0 Å². The van der Waals surface area contributed by atoms with E-state index >= 15 is 9.59 Å². The van der Waals surface area contributed by atoms with Crippen LogP contribution in [0.1, 0.15) is 47.2 Å². The van der Waals surface area contributed by atoms with E-state index in [9.17, 15) is 0 Å². The summed E-state index contributed by atoms with van der Waals surface area (Å²) >= 11 is 0. The zero-order valence-corrected chi connectivity index (χ0v) is 23.4. The highest BCUT2D eigenvalue weighted by Crippen LogP contribution is 2.63. The molecular weight excluding hydrogens is 512 g/mol. The fourth-order valence-corrected chi connectivity index (χ4v) is 8.30. The van der Waals surface area contributed by atoms with Crippen LogP contribution >= 0.6 is 0 Å². The Balaban J connectivity index is 1.53. The molecule has 2 nitrogen and oxygen atoms in total. The molecule has 3 aliphatic carbocycles. The second-order valence-corrected chi connectivity index (χ2v) is 12.2. The Morgan fingerprint density at radius 2 is 0.810 bits per heavy atom. The molecule has 2 heteroatoms. The summed E-state index contributed by atoms with van der Waals surface area (Å²) < 4.78 is 0. The standard InChI is InChI=1S/C40H26O2/c1-39-35-25(21-31(37(39)41)23-11-5-3-6-12-23)17-19-29-27-15-9-10-16-28(27)30-20-18-26-22-32(24-13-7-4-8-14-24)38(42)40(39,2)36(26)34(30)33(29)35/h3-22H,1-2H3/t39-,40-/m1/s1. The third-order valence-corrected chi connectivity index (χ3v) is 10.4. The molecule has 0 aromatic heterocycles. The third-order valence-electron chi connectivity index (χ3n) is 10.4. The van der Waals surface area contributed by atoms with E-state index in [0.717, 1.165) is 54.9 Å². The van der Waals surface area contributed by atoms with Gasteiger partial charge < -0.3 is 0 Å². The predicted molar refractivity (Wildman–Crippen MR) is 172 cm³/mol. The van der Waals surface area contributed by atoms with Crippen LogP contribution in [0.4, 0.5) is 0 Å². The number of carbonyl (C=O) groups is 2. The third kappa shape index (κ3) is 2.57. The van der Waals surface area contributed by atoms with Gasteiger partial charge >= 0.3 is 0 Å². The van der Waals surface area contributed by atoms with Crippen LogP contribution in [0.15, 0.2) is 109 Å². The molecule has 0 aliphatic heterocycles. The Bertz CT molecular complexity index is 2120. The van der Waals surface area contributed by atoms with Gasteiger partial charge in [0.15, 0.2) is 11.6 Å². The van der Waals surface area contributed by atoms with E-state index in [4.69, 9.17) is 0 Å². The average molecular weight is 539 g/mol. The molecule has 198 valence electrons. The van der Waals surface area contributed by atoms with Crippen LogP contribution in [0.3, 0.4) is 0 Å². The lowest BCUT2D eigenvalue weighted by Crippen LogP contribution is -2.59. The van der Waals surface area contributed by atoms with Crippen molar-refractivity contribution in [3.05, 3.63) is 143 Å². The number of Topliss-reactive ketones (excluding diaryl/α,β-unsaturated/α-hetero) is 2. The molecule has 0 saturated heterocycles. The highest BCUT2D eigenvalue weighted by Gasteiger charge is 2.63. The van der Waals surface area contributed by atoms with Crippen molar-refractivity contribution in [1.82, 2.24) is 0 Å². The Morgan fingerprint density at radius 3 is 1.21 bits per heavy atom. The summed E-state index contributed by atoms with van der Waals surface area (Å²) in [6.07, 6.45) is 4.10. The van der Waals surface area contributed by atoms with Gasteiger partial charge in [-0.15, -0.1) is 0 Å². The van der Waals surface area contributed by atoms with Gasteiger partial charge in [0.1, 0.15) is 0 Å². The van der Waals surface area contributed by atoms with Gasteiger partial charge in [-0.05, 0) is 91.7 Å². The highest BCUT2D eigenvalue weighted by molar-refractivity contribution is 6.42. The van der Waals surface area contributed by atoms with E-state index in [-0.39, 0.29) is 11.6 Å². The lowest BCUT2D eigenvalue weighted by atomic mass is 9.46. The smallest absolute Gasteiger partial charge is 0.175 e. The summed E-state index contributed by atoms with van der Waals surface area (Å²) in [6.45, 7) is 4.08. The number of hydrogen-bond acceptors (Lipinski definition) is 2. The Kier molecular flexibility index (Phi) is 4.39. The number of hydrogen-bond donors (Lipinski definition) is 0. The largest absolute Gasteiger partial charge is 0.293 e. The number of rotatable bonds is 2. The lowest BCUT2D eigenvalue weighted by molar-refractivity contribution is -0.129. The highest BCUT2D eigenvalue weighted by atomic mass is 16.1. The Morgan fingerprint density at radius 1 is 0.429 bits per heavy atom. The topological polar surface area (TPSA) is 34.1 Å². The maximum atomic E-state index is 15.2. The molecule has 0 unspecified atom stereocenters. The molecule has 6 aromatic carbocycles. The normalized spacial score (nSPS) is 22.1. The average Bonchev–Trinajstić information content (AvgIpc) is 3.04. The predicted octanol–water partition coefficient (Wildman–Crippen LogP) is 8.92. The van der Waals surface area contributed by atoms with Crippen LogP contribution in [0.2, 0.25) is 0 Å². The van der Waals surface area contributed by atoms with Crippen molar-refractivity contribution in [2.75, 3.05) is 0 Å². The van der Waals surface area contributed by atoms with Crippen LogP contribution < -0.4 is 0 Å². The number of fused-ring (bicyclic) bond motifs is 4. The molecule has 0 radical (unpaired) electrons. The Hall–Kier alpha value is -5.08. The van der Waals surface area contributed by atoms with Gasteiger partial charge in [-0.2, -0.15) is 0 Å². The van der Waals surface area contributed by atoms with E-state index in [1.165, 1.54) is 10.8 Å². The first-order valence-electron chi connectivity index (χ1n) is 14.5. The van der Waals surface area contributed by atoms with Gasteiger partial charge in [0, 0.05) is 11.1 Å². The molecule has 0 heterocycles. The molecule has 9 rings (SSSR count). The molecular formula is C40H26O2.